The van der Waals surface area contributed by atoms with E-state index in [1.54, 1.807) is 32.3 Å². The van der Waals surface area contributed by atoms with E-state index < -0.39 is 29.1 Å². The van der Waals surface area contributed by atoms with E-state index in [1.165, 1.54) is 4.90 Å². The SMILES string of the molecule is CN(C)C(=O)c1ccc(NC2CN(C3CCN(C(=O)[C@@](O)(c4ccc(F)cc4)C(F)(F)F)CC3)C2)cc1Cl. The van der Waals surface area contributed by atoms with Crippen LogP contribution in [0.4, 0.5) is 23.2 Å². The molecule has 1 atom stereocenters. The molecule has 0 bridgehead atoms. The van der Waals surface area contributed by atoms with Gasteiger partial charge in [0.1, 0.15) is 5.82 Å². The zero-order valence-corrected chi connectivity index (χ0v) is 21.7. The summed E-state index contributed by atoms with van der Waals surface area (Å²) in [4.78, 5) is 29.7. The molecule has 4 rings (SSSR count). The van der Waals surface area contributed by atoms with Gasteiger partial charge < -0.3 is 20.2 Å². The molecule has 0 radical (unpaired) electrons. The topological polar surface area (TPSA) is 76.1 Å². The van der Waals surface area contributed by atoms with E-state index in [9.17, 15) is 32.3 Å². The second-order valence-electron chi connectivity index (χ2n) is 9.93. The van der Waals surface area contributed by atoms with Gasteiger partial charge in [0.05, 0.1) is 16.6 Å². The number of alkyl halides is 3. The van der Waals surface area contributed by atoms with E-state index in [1.807, 2.05) is 0 Å². The Balaban J connectivity index is 1.31. The van der Waals surface area contributed by atoms with Crippen molar-refractivity contribution in [2.75, 3.05) is 45.6 Å². The quantitative estimate of drug-likeness (QED) is 0.531. The molecular weight excluding hydrogens is 528 g/mol. The first-order valence-electron chi connectivity index (χ1n) is 12.2. The van der Waals surface area contributed by atoms with Gasteiger partial charge in [-0.15, -0.1) is 0 Å². The van der Waals surface area contributed by atoms with Gasteiger partial charge in [0.2, 0.25) is 0 Å². The first-order chi connectivity index (χ1) is 17.8. The van der Waals surface area contributed by atoms with Crippen LogP contribution in [0.2, 0.25) is 5.02 Å². The number of halogens is 5. The summed E-state index contributed by atoms with van der Waals surface area (Å²) in [5.41, 5.74) is -3.26. The van der Waals surface area contributed by atoms with Crippen molar-refractivity contribution in [1.29, 1.82) is 0 Å². The minimum absolute atomic E-state index is 0.0641. The summed E-state index contributed by atoms with van der Waals surface area (Å²) in [6.45, 7) is 1.54. The summed E-state index contributed by atoms with van der Waals surface area (Å²) < 4.78 is 54.9. The molecule has 206 valence electrons. The molecule has 2 aromatic rings. The van der Waals surface area contributed by atoms with Gasteiger partial charge in [0.25, 0.3) is 17.4 Å². The van der Waals surface area contributed by atoms with Crippen LogP contribution >= 0.6 is 11.6 Å². The maximum atomic E-state index is 13.9. The summed E-state index contributed by atoms with van der Waals surface area (Å²) in [7, 11) is 3.30. The molecular formula is C26H29ClF4N4O3. The van der Waals surface area contributed by atoms with Crippen LogP contribution in [-0.4, -0.2) is 90.2 Å². The van der Waals surface area contributed by atoms with Crippen LogP contribution in [0, 0.1) is 5.82 Å². The van der Waals surface area contributed by atoms with Crippen molar-refractivity contribution in [1.82, 2.24) is 14.7 Å². The van der Waals surface area contributed by atoms with Gasteiger partial charge in [0.15, 0.2) is 0 Å². The first-order valence-corrected chi connectivity index (χ1v) is 12.6. The van der Waals surface area contributed by atoms with Crippen LogP contribution in [0.25, 0.3) is 0 Å². The number of rotatable bonds is 6. The van der Waals surface area contributed by atoms with Gasteiger partial charge in [-0.1, -0.05) is 23.7 Å². The number of piperidine rings is 1. The molecule has 0 saturated carbocycles. The standard InChI is InChI=1S/C26H29ClF4N4O3/c1-33(2)23(36)21-8-7-18(13-22(21)27)32-19-14-35(15-19)20-9-11-34(12-10-20)24(37)25(38,26(29,30)31)16-3-5-17(28)6-4-16/h3-8,13,19-20,32,38H,9-12,14-15H2,1-2H3/t25-/m0/s1. The lowest BCUT2D eigenvalue weighted by Gasteiger charge is -2.48. The first kappa shape index (κ1) is 28.1. The molecule has 2 aliphatic rings. The van der Waals surface area contributed by atoms with E-state index in [0.717, 1.165) is 34.9 Å². The lowest BCUT2D eigenvalue weighted by molar-refractivity contribution is -0.262. The molecule has 2 aromatic carbocycles. The number of likely N-dealkylation sites (tertiary alicyclic amines) is 2. The molecule has 2 heterocycles. The highest BCUT2D eigenvalue weighted by Crippen LogP contribution is 2.41. The van der Waals surface area contributed by atoms with E-state index in [2.05, 4.69) is 10.2 Å². The van der Waals surface area contributed by atoms with Crippen LogP contribution < -0.4 is 5.32 Å². The summed E-state index contributed by atoms with van der Waals surface area (Å²) in [6, 6.07) is 8.51. The van der Waals surface area contributed by atoms with Crippen LogP contribution in [0.5, 0.6) is 0 Å². The number of nitrogens with one attached hydrogen (secondary N) is 1. The molecule has 2 N–H and O–H groups in total. The van der Waals surface area contributed by atoms with Crippen molar-refractivity contribution in [3.8, 4) is 0 Å². The lowest BCUT2D eigenvalue weighted by Crippen LogP contribution is -2.62. The fourth-order valence-electron chi connectivity index (χ4n) is 4.92. The Labute approximate surface area is 222 Å². The third kappa shape index (κ3) is 5.45. The smallest absolute Gasteiger partial charge is 0.380 e. The monoisotopic (exact) mass is 556 g/mol. The molecule has 2 fully saturated rings. The number of hydrogen-bond donors (Lipinski definition) is 2. The lowest BCUT2D eigenvalue weighted by atomic mass is 9.89. The van der Waals surface area contributed by atoms with Gasteiger partial charge in [-0.2, -0.15) is 13.2 Å². The van der Waals surface area contributed by atoms with Crippen LogP contribution in [0.15, 0.2) is 42.5 Å². The molecule has 7 nitrogen and oxygen atoms in total. The molecule has 0 spiro atoms. The average molecular weight is 557 g/mol. The molecule has 12 heteroatoms. The fraction of sp³-hybridized carbons (Fsp3) is 0.462. The molecule has 0 unspecified atom stereocenters. The Morgan fingerprint density at radius 2 is 1.66 bits per heavy atom. The summed E-state index contributed by atoms with van der Waals surface area (Å²) >= 11 is 6.27. The third-order valence-electron chi connectivity index (χ3n) is 7.14. The number of carbonyl (C=O) groups excluding carboxylic acids is 2. The van der Waals surface area contributed by atoms with E-state index >= 15 is 0 Å². The van der Waals surface area contributed by atoms with Crippen molar-refractivity contribution >= 4 is 29.1 Å². The largest absolute Gasteiger partial charge is 0.430 e. The Bertz CT molecular complexity index is 1180. The predicted octanol–water partition coefficient (Wildman–Crippen LogP) is 3.72. The molecule has 2 aliphatic heterocycles. The van der Waals surface area contributed by atoms with Crippen LogP contribution in [0.3, 0.4) is 0 Å². The number of hydrogen-bond acceptors (Lipinski definition) is 5. The normalized spacial score (nSPS) is 19.0. The Hall–Kier alpha value is -2.89. The number of benzene rings is 2. The molecule has 2 saturated heterocycles. The highest BCUT2D eigenvalue weighted by Gasteiger charge is 2.62. The minimum Gasteiger partial charge on any atom is -0.380 e. The van der Waals surface area contributed by atoms with Crippen molar-refractivity contribution in [3.05, 3.63) is 64.4 Å². The van der Waals surface area contributed by atoms with Crippen LogP contribution in [-0.2, 0) is 10.4 Å². The average Bonchev–Trinajstić information content (AvgIpc) is 2.84. The number of anilines is 1. The zero-order chi connectivity index (χ0) is 27.8. The zero-order valence-electron chi connectivity index (χ0n) is 20.9. The summed E-state index contributed by atoms with van der Waals surface area (Å²) in [5.74, 6) is -2.41. The Kier molecular flexibility index (Phi) is 7.92. The number of amides is 2. The highest BCUT2D eigenvalue weighted by atomic mass is 35.5. The second-order valence-corrected chi connectivity index (χ2v) is 10.3. The van der Waals surface area contributed by atoms with Gasteiger partial charge in [0, 0.05) is 57.6 Å². The minimum atomic E-state index is -5.27. The van der Waals surface area contributed by atoms with Crippen molar-refractivity contribution in [2.45, 2.75) is 36.7 Å². The maximum Gasteiger partial charge on any atom is 0.430 e. The fourth-order valence-corrected chi connectivity index (χ4v) is 5.18. The van der Waals surface area contributed by atoms with E-state index in [0.29, 0.717) is 36.5 Å². The number of nitrogens with zero attached hydrogens (tertiary/aromatic N) is 3. The summed E-state index contributed by atoms with van der Waals surface area (Å²) in [5, 5.41) is 14.3. The van der Waals surface area contributed by atoms with E-state index in [4.69, 9.17) is 11.6 Å². The Morgan fingerprint density at radius 3 is 2.18 bits per heavy atom. The van der Waals surface area contributed by atoms with Crippen molar-refractivity contribution in [2.24, 2.45) is 0 Å². The van der Waals surface area contributed by atoms with Crippen LogP contribution in [0.1, 0.15) is 28.8 Å². The van der Waals surface area contributed by atoms with Gasteiger partial charge in [-0.25, -0.2) is 4.39 Å². The highest BCUT2D eigenvalue weighted by molar-refractivity contribution is 6.34. The molecule has 38 heavy (non-hydrogen) atoms. The molecule has 2 amide bonds. The van der Waals surface area contributed by atoms with Crippen molar-refractivity contribution in [3.63, 3.8) is 0 Å². The predicted molar refractivity (Wildman–Crippen MR) is 134 cm³/mol. The maximum absolute atomic E-state index is 13.9. The van der Waals surface area contributed by atoms with Crippen molar-refractivity contribution < 1.29 is 32.3 Å². The van der Waals surface area contributed by atoms with Gasteiger partial charge >= 0.3 is 6.18 Å². The number of aliphatic hydroxyl groups is 1. The summed E-state index contributed by atoms with van der Waals surface area (Å²) in [6.07, 6.45) is -4.35. The van der Waals surface area contributed by atoms with Gasteiger partial charge in [-0.05, 0) is 43.2 Å². The molecule has 0 aliphatic carbocycles. The number of carbonyl (C=O) groups is 2. The Morgan fingerprint density at radius 1 is 1.05 bits per heavy atom. The van der Waals surface area contributed by atoms with Gasteiger partial charge in [-0.3, -0.25) is 14.5 Å². The van der Waals surface area contributed by atoms with E-state index in [-0.39, 0.29) is 31.1 Å². The second kappa shape index (κ2) is 10.7. The molecule has 0 aromatic heterocycles. The third-order valence-corrected chi connectivity index (χ3v) is 7.45.